The molecular formula is C24H23BN4O. The molecule has 0 aliphatic carbocycles. The number of nitrogens with zero attached hydrogens (tertiary/aromatic N) is 4. The summed E-state index contributed by atoms with van der Waals surface area (Å²) in [6.07, 6.45) is 16.3. The lowest BCUT2D eigenvalue weighted by atomic mass is 10.0. The number of piperidine rings is 1. The van der Waals surface area contributed by atoms with E-state index in [9.17, 15) is 0 Å². The van der Waals surface area contributed by atoms with Crippen LogP contribution in [0.1, 0.15) is 25.8 Å². The Bertz CT molecular complexity index is 1120. The molecule has 1 saturated heterocycles. The summed E-state index contributed by atoms with van der Waals surface area (Å²) in [7, 11) is 6.07. The zero-order valence-corrected chi connectivity index (χ0v) is 17.0. The maximum Gasteiger partial charge on any atom is 0.182 e. The molecule has 0 amide bonds. The van der Waals surface area contributed by atoms with Gasteiger partial charge in [0, 0.05) is 29.9 Å². The van der Waals surface area contributed by atoms with Gasteiger partial charge < -0.3 is 9.55 Å². The van der Waals surface area contributed by atoms with Gasteiger partial charge in [-0.2, -0.15) is 5.10 Å². The standard InChI is InChI=1S/C24H23BN4O/c1-3-5-8-20(4-2)30-21-11-9-18(10-12-21)24-22-16-26-14-13-23(22)29(27-24)19-7-6-15-28(25)17-19/h1,4-5,8-14,16,19H,6-7,15,17H2,2H3/b8-5-,20-4+. The molecule has 1 unspecified atom stereocenters. The highest BCUT2D eigenvalue weighted by atomic mass is 16.5. The van der Waals surface area contributed by atoms with E-state index in [0.29, 0.717) is 5.76 Å². The number of hydrogen-bond acceptors (Lipinski definition) is 4. The first kappa shape index (κ1) is 20.0. The Hall–Kier alpha value is -3.30. The number of aromatic nitrogens is 3. The van der Waals surface area contributed by atoms with E-state index in [2.05, 4.69) is 15.6 Å². The van der Waals surface area contributed by atoms with Crippen LogP contribution in [0.2, 0.25) is 0 Å². The lowest BCUT2D eigenvalue weighted by molar-refractivity contribution is 0.266. The van der Waals surface area contributed by atoms with Crippen LogP contribution in [-0.2, 0) is 0 Å². The molecule has 6 heteroatoms. The van der Waals surface area contributed by atoms with E-state index in [1.54, 1.807) is 12.2 Å². The van der Waals surface area contributed by atoms with Crippen LogP contribution in [0.15, 0.2) is 66.7 Å². The highest BCUT2D eigenvalue weighted by molar-refractivity contribution is 6.04. The number of terminal acetylenes is 1. The summed E-state index contributed by atoms with van der Waals surface area (Å²) < 4.78 is 7.99. The Kier molecular flexibility index (Phi) is 6.01. The van der Waals surface area contributed by atoms with Gasteiger partial charge in [0.1, 0.15) is 17.2 Å². The third kappa shape index (κ3) is 4.17. The molecule has 2 aromatic heterocycles. The third-order valence-corrected chi connectivity index (χ3v) is 5.27. The van der Waals surface area contributed by atoms with E-state index < -0.39 is 0 Å². The minimum atomic E-state index is 0.255. The fraction of sp³-hybridized carbons (Fsp3) is 0.250. The van der Waals surface area contributed by atoms with E-state index in [1.807, 2.05) is 60.5 Å². The molecule has 0 bridgehead atoms. The second-order valence-electron chi connectivity index (χ2n) is 7.29. The van der Waals surface area contributed by atoms with Crippen molar-refractivity contribution in [3.05, 3.63) is 66.7 Å². The lowest BCUT2D eigenvalue weighted by Crippen LogP contribution is -2.35. The summed E-state index contributed by atoms with van der Waals surface area (Å²) in [5.41, 5.74) is 3.01. The van der Waals surface area contributed by atoms with Gasteiger partial charge in [-0.3, -0.25) is 9.67 Å². The SMILES string of the molecule is [B]N1CCCC(n2nc(-c3ccc(OC(/C=C\C#C)=C/C)cc3)c3cnccc32)C1. The molecule has 1 aromatic carbocycles. The van der Waals surface area contributed by atoms with Crippen molar-refractivity contribution in [1.29, 1.82) is 0 Å². The van der Waals surface area contributed by atoms with Crippen molar-refractivity contribution in [2.24, 2.45) is 0 Å². The molecule has 148 valence electrons. The number of pyridine rings is 1. The Morgan fingerprint density at radius 2 is 2.13 bits per heavy atom. The van der Waals surface area contributed by atoms with Crippen LogP contribution in [0.3, 0.4) is 0 Å². The fourth-order valence-corrected chi connectivity index (χ4v) is 3.80. The second kappa shape index (κ2) is 9.02. The van der Waals surface area contributed by atoms with Crippen molar-refractivity contribution >= 4 is 18.9 Å². The maximum atomic E-state index is 6.07. The van der Waals surface area contributed by atoms with E-state index in [0.717, 1.165) is 53.8 Å². The molecule has 1 fully saturated rings. The summed E-state index contributed by atoms with van der Waals surface area (Å²) >= 11 is 0. The van der Waals surface area contributed by atoms with Crippen LogP contribution in [0.25, 0.3) is 22.2 Å². The van der Waals surface area contributed by atoms with Crippen LogP contribution >= 0.6 is 0 Å². The summed E-state index contributed by atoms with van der Waals surface area (Å²) in [4.78, 5) is 6.20. The second-order valence-corrected chi connectivity index (χ2v) is 7.29. The Labute approximate surface area is 178 Å². The molecule has 0 N–H and O–H groups in total. The van der Waals surface area contributed by atoms with Crippen LogP contribution in [0, 0.1) is 12.3 Å². The maximum absolute atomic E-state index is 6.07. The molecule has 1 aliphatic heterocycles. The predicted molar refractivity (Wildman–Crippen MR) is 121 cm³/mol. The molecule has 2 radical (unpaired) electrons. The number of ether oxygens (including phenoxy) is 1. The zero-order valence-electron chi connectivity index (χ0n) is 17.0. The molecule has 4 rings (SSSR count). The Morgan fingerprint density at radius 3 is 2.87 bits per heavy atom. The first-order chi connectivity index (χ1) is 14.7. The lowest BCUT2D eigenvalue weighted by Gasteiger charge is -2.30. The number of allylic oxidation sites excluding steroid dienone is 3. The summed E-state index contributed by atoms with van der Waals surface area (Å²) in [5, 5.41) is 6.01. The smallest absolute Gasteiger partial charge is 0.182 e. The van der Waals surface area contributed by atoms with Gasteiger partial charge in [0.2, 0.25) is 0 Å². The summed E-state index contributed by atoms with van der Waals surface area (Å²) in [6, 6.07) is 10.2. The van der Waals surface area contributed by atoms with Crippen molar-refractivity contribution in [2.75, 3.05) is 13.1 Å². The first-order valence-corrected chi connectivity index (χ1v) is 10.1. The third-order valence-electron chi connectivity index (χ3n) is 5.27. The number of fused-ring (bicyclic) bond motifs is 1. The van der Waals surface area contributed by atoms with Crippen molar-refractivity contribution in [2.45, 2.75) is 25.8 Å². The zero-order chi connectivity index (χ0) is 20.9. The molecule has 1 atom stereocenters. The highest BCUT2D eigenvalue weighted by Crippen LogP contribution is 2.32. The van der Waals surface area contributed by atoms with Crippen molar-refractivity contribution in [3.63, 3.8) is 0 Å². The number of hydrogen-bond donors (Lipinski definition) is 0. The van der Waals surface area contributed by atoms with Gasteiger partial charge in [0.15, 0.2) is 7.98 Å². The van der Waals surface area contributed by atoms with E-state index >= 15 is 0 Å². The molecule has 0 saturated carbocycles. The van der Waals surface area contributed by atoms with Gasteiger partial charge in [-0.1, -0.05) is 5.92 Å². The van der Waals surface area contributed by atoms with E-state index in [-0.39, 0.29) is 6.04 Å². The van der Waals surface area contributed by atoms with Crippen LogP contribution in [0.4, 0.5) is 0 Å². The molecule has 30 heavy (non-hydrogen) atoms. The average molecular weight is 394 g/mol. The van der Waals surface area contributed by atoms with E-state index in [4.69, 9.17) is 24.2 Å². The highest BCUT2D eigenvalue weighted by Gasteiger charge is 2.23. The molecule has 1 aliphatic rings. The minimum absolute atomic E-state index is 0.255. The van der Waals surface area contributed by atoms with Gasteiger partial charge >= 0.3 is 0 Å². The number of benzene rings is 1. The molecular weight excluding hydrogens is 371 g/mol. The monoisotopic (exact) mass is 394 g/mol. The normalized spacial score (nSPS) is 18.0. The van der Waals surface area contributed by atoms with Crippen LogP contribution < -0.4 is 4.74 Å². The fourth-order valence-electron chi connectivity index (χ4n) is 3.80. The van der Waals surface area contributed by atoms with Crippen molar-refractivity contribution in [3.8, 4) is 29.4 Å². The predicted octanol–water partition coefficient (Wildman–Crippen LogP) is 4.29. The van der Waals surface area contributed by atoms with Crippen LogP contribution in [-0.4, -0.2) is 40.6 Å². The first-order valence-electron chi connectivity index (χ1n) is 10.1. The molecule has 0 spiro atoms. The molecule has 3 aromatic rings. The van der Waals surface area contributed by atoms with Gasteiger partial charge in [0.05, 0.1) is 11.6 Å². The minimum Gasteiger partial charge on any atom is -0.458 e. The Balaban J connectivity index is 1.65. The number of rotatable bonds is 5. The van der Waals surface area contributed by atoms with Crippen molar-refractivity contribution < 1.29 is 4.74 Å². The van der Waals surface area contributed by atoms with Gasteiger partial charge in [-0.15, -0.1) is 6.42 Å². The largest absolute Gasteiger partial charge is 0.458 e. The quantitative estimate of drug-likeness (QED) is 0.280. The Morgan fingerprint density at radius 1 is 1.30 bits per heavy atom. The van der Waals surface area contributed by atoms with Gasteiger partial charge in [0.25, 0.3) is 0 Å². The molecule has 5 nitrogen and oxygen atoms in total. The summed E-state index contributed by atoms with van der Waals surface area (Å²) in [6.45, 7) is 3.63. The topological polar surface area (TPSA) is 43.2 Å². The van der Waals surface area contributed by atoms with Gasteiger partial charge in [-0.25, -0.2) is 0 Å². The van der Waals surface area contributed by atoms with Crippen molar-refractivity contribution in [1.82, 2.24) is 19.6 Å². The van der Waals surface area contributed by atoms with Crippen LogP contribution in [0.5, 0.6) is 5.75 Å². The molecule has 3 heterocycles. The summed E-state index contributed by atoms with van der Waals surface area (Å²) in [5.74, 6) is 3.90. The average Bonchev–Trinajstić information content (AvgIpc) is 3.17. The van der Waals surface area contributed by atoms with Gasteiger partial charge in [-0.05, 0) is 74.9 Å². The van der Waals surface area contributed by atoms with E-state index in [1.165, 1.54) is 0 Å².